The van der Waals surface area contributed by atoms with Crippen molar-refractivity contribution < 1.29 is 4.79 Å². The van der Waals surface area contributed by atoms with Crippen molar-refractivity contribution in [2.45, 2.75) is 53.1 Å². The fraction of sp³-hybridized carbons (Fsp3) is 0.571. The Balaban J connectivity index is 3.18. The Labute approximate surface area is 114 Å². The molecule has 0 fully saturated rings. The van der Waals surface area contributed by atoms with Crippen LogP contribution in [0.15, 0.2) is 0 Å². The zero-order valence-electron chi connectivity index (χ0n) is 12.5. The van der Waals surface area contributed by atoms with Crippen molar-refractivity contribution in [3.63, 3.8) is 0 Å². The third-order valence-electron chi connectivity index (χ3n) is 3.17. The van der Waals surface area contributed by atoms with E-state index in [1.807, 2.05) is 34.6 Å². The van der Waals surface area contributed by atoms with Crippen molar-refractivity contribution in [1.82, 2.24) is 9.88 Å². The number of hydrogen-bond acceptors (Lipinski definition) is 3. The third-order valence-corrected chi connectivity index (χ3v) is 3.17. The lowest BCUT2D eigenvalue weighted by Gasteiger charge is -2.25. The lowest BCUT2D eigenvalue weighted by Crippen LogP contribution is -2.44. The van der Waals surface area contributed by atoms with Gasteiger partial charge in [-0.15, -0.1) is 0 Å². The van der Waals surface area contributed by atoms with Gasteiger partial charge in [-0.1, -0.05) is 0 Å². The molecule has 104 valence electrons. The summed E-state index contributed by atoms with van der Waals surface area (Å²) in [5.74, 6) is 0.246. The van der Waals surface area contributed by atoms with E-state index in [9.17, 15) is 4.79 Å². The van der Waals surface area contributed by atoms with E-state index < -0.39 is 6.04 Å². The van der Waals surface area contributed by atoms with Gasteiger partial charge in [0.05, 0.1) is 5.56 Å². The largest absolute Gasteiger partial charge is 0.384 e. The molecule has 1 atom stereocenters. The molecule has 1 amide bonds. The van der Waals surface area contributed by atoms with Crippen LogP contribution in [0.4, 0.5) is 5.82 Å². The predicted molar refractivity (Wildman–Crippen MR) is 75.6 cm³/mol. The molecule has 19 heavy (non-hydrogen) atoms. The predicted octanol–water partition coefficient (Wildman–Crippen LogP) is 2.03. The molecule has 0 saturated heterocycles. The molecule has 5 heteroatoms. The molecule has 0 bridgehead atoms. The fourth-order valence-corrected chi connectivity index (χ4v) is 2.09. The van der Waals surface area contributed by atoms with Gasteiger partial charge in [-0.25, -0.2) is 0 Å². The Kier molecular flexibility index (Phi) is 3.94. The van der Waals surface area contributed by atoms with Gasteiger partial charge in [-0.3, -0.25) is 4.79 Å². The van der Waals surface area contributed by atoms with Gasteiger partial charge < -0.3 is 15.6 Å². The van der Waals surface area contributed by atoms with E-state index in [-0.39, 0.29) is 11.4 Å². The maximum atomic E-state index is 12.2. The first-order valence-electron chi connectivity index (χ1n) is 6.29. The summed E-state index contributed by atoms with van der Waals surface area (Å²) in [6.07, 6.45) is 0. The second-order valence-electron chi connectivity index (χ2n) is 5.87. The highest BCUT2D eigenvalue weighted by molar-refractivity contribution is 5.81. The van der Waals surface area contributed by atoms with Crippen molar-refractivity contribution in [3.8, 4) is 6.07 Å². The van der Waals surface area contributed by atoms with Gasteiger partial charge in [0.25, 0.3) is 0 Å². The Bertz CT molecular complexity index is 543. The topological polar surface area (TPSA) is 83.8 Å². The van der Waals surface area contributed by atoms with Gasteiger partial charge in [0.2, 0.25) is 5.91 Å². The maximum absolute atomic E-state index is 12.2. The lowest BCUT2D eigenvalue weighted by atomic mass is 10.1. The van der Waals surface area contributed by atoms with Crippen LogP contribution in [0.3, 0.4) is 0 Å². The summed E-state index contributed by atoms with van der Waals surface area (Å²) in [7, 11) is 0. The van der Waals surface area contributed by atoms with Gasteiger partial charge in [0, 0.05) is 11.2 Å². The second kappa shape index (κ2) is 4.96. The lowest BCUT2D eigenvalue weighted by molar-refractivity contribution is -0.125. The standard InChI is InChI=1S/C14H22N4O/c1-8-9(2)18(12(16)11(8)7-15)10(3)13(19)17-14(4,5)6/h10H,16H2,1-6H3,(H,17,19). The molecule has 5 nitrogen and oxygen atoms in total. The molecule has 0 aromatic carbocycles. The summed E-state index contributed by atoms with van der Waals surface area (Å²) in [6.45, 7) is 11.3. The number of nitrogens with one attached hydrogen (secondary N) is 1. The highest BCUT2D eigenvalue weighted by Gasteiger charge is 2.25. The summed E-state index contributed by atoms with van der Waals surface area (Å²) in [5, 5.41) is 12.0. The monoisotopic (exact) mass is 262 g/mol. The van der Waals surface area contributed by atoms with Crippen LogP contribution in [-0.4, -0.2) is 16.0 Å². The van der Waals surface area contributed by atoms with Crippen molar-refractivity contribution in [2.75, 3.05) is 5.73 Å². The average molecular weight is 262 g/mol. The summed E-state index contributed by atoms with van der Waals surface area (Å²) < 4.78 is 1.72. The molecule has 0 aliphatic carbocycles. The van der Waals surface area contributed by atoms with Crippen molar-refractivity contribution in [1.29, 1.82) is 5.26 Å². The van der Waals surface area contributed by atoms with Crippen LogP contribution in [0.5, 0.6) is 0 Å². The third kappa shape index (κ3) is 2.90. The molecule has 3 N–H and O–H groups in total. The number of nitrogens with zero attached hydrogens (tertiary/aromatic N) is 2. The van der Waals surface area contributed by atoms with Crippen molar-refractivity contribution in [3.05, 3.63) is 16.8 Å². The summed E-state index contributed by atoms with van der Waals surface area (Å²) in [4.78, 5) is 12.2. The molecular weight excluding hydrogens is 240 g/mol. The van der Waals surface area contributed by atoms with E-state index in [1.54, 1.807) is 11.5 Å². The summed E-state index contributed by atoms with van der Waals surface area (Å²) in [6, 6.07) is 1.64. The molecular formula is C14H22N4O. The number of aromatic nitrogens is 1. The Morgan fingerprint density at radius 2 is 1.95 bits per heavy atom. The van der Waals surface area contributed by atoms with Gasteiger partial charge in [0.15, 0.2) is 0 Å². The average Bonchev–Trinajstić information content (AvgIpc) is 2.47. The van der Waals surface area contributed by atoms with Gasteiger partial charge >= 0.3 is 0 Å². The van der Waals surface area contributed by atoms with Gasteiger partial charge in [-0.05, 0) is 47.1 Å². The van der Waals surface area contributed by atoms with Crippen LogP contribution in [0.1, 0.15) is 50.6 Å². The van der Waals surface area contributed by atoms with E-state index in [4.69, 9.17) is 11.0 Å². The van der Waals surface area contributed by atoms with Crippen LogP contribution < -0.4 is 11.1 Å². The number of anilines is 1. The number of nitrogen functional groups attached to an aromatic ring is 1. The van der Waals surface area contributed by atoms with Crippen LogP contribution >= 0.6 is 0 Å². The number of carbonyl (C=O) groups excluding carboxylic acids is 1. The number of amides is 1. The smallest absolute Gasteiger partial charge is 0.243 e. The van der Waals surface area contributed by atoms with Crippen LogP contribution in [0, 0.1) is 25.2 Å². The van der Waals surface area contributed by atoms with E-state index in [2.05, 4.69) is 11.4 Å². The van der Waals surface area contributed by atoms with E-state index in [1.165, 1.54) is 0 Å². The SMILES string of the molecule is Cc1c(C#N)c(N)n(C(C)C(=O)NC(C)(C)C)c1C. The minimum Gasteiger partial charge on any atom is -0.384 e. The Hall–Kier alpha value is -1.96. The van der Waals surface area contributed by atoms with Crippen molar-refractivity contribution in [2.24, 2.45) is 0 Å². The Morgan fingerprint density at radius 3 is 2.32 bits per heavy atom. The molecule has 1 aromatic rings. The highest BCUT2D eigenvalue weighted by atomic mass is 16.2. The van der Waals surface area contributed by atoms with Crippen molar-refractivity contribution >= 4 is 11.7 Å². The molecule has 0 aliphatic heterocycles. The second-order valence-corrected chi connectivity index (χ2v) is 5.87. The number of rotatable bonds is 2. The van der Waals surface area contributed by atoms with Crippen LogP contribution in [-0.2, 0) is 4.79 Å². The first-order valence-corrected chi connectivity index (χ1v) is 6.29. The fourth-order valence-electron chi connectivity index (χ4n) is 2.09. The van der Waals surface area contributed by atoms with E-state index in [0.29, 0.717) is 11.4 Å². The summed E-state index contributed by atoms with van der Waals surface area (Å²) >= 11 is 0. The van der Waals surface area contributed by atoms with Gasteiger partial charge in [0.1, 0.15) is 17.9 Å². The minimum absolute atomic E-state index is 0.109. The summed E-state index contributed by atoms with van der Waals surface area (Å²) in [5.41, 5.74) is 7.81. The minimum atomic E-state index is -0.444. The van der Waals surface area contributed by atoms with E-state index >= 15 is 0 Å². The number of nitriles is 1. The molecule has 0 aliphatic rings. The first-order chi connectivity index (χ1) is 8.60. The molecule has 1 heterocycles. The maximum Gasteiger partial charge on any atom is 0.243 e. The number of carbonyl (C=O) groups is 1. The van der Waals surface area contributed by atoms with E-state index in [0.717, 1.165) is 11.3 Å². The molecule has 1 rings (SSSR count). The molecule has 1 aromatic heterocycles. The van der Waals surface area contributed by atoms with Crippen LogP contribution in [0.2, 0.25) is 0 Å². The molecule has 0 radical (unpaired) electrons. The number of hydrogen-bond donors (Lipinski definition) is 2. The molecule has 0 spiro atoms. The highest BCUT2D eigenvalue weighted by Crippen LogP contribution is 2.27. The zero-order chi connectivity index (χ0) is 15.0. The van der Waals surface area contributed by atoms with Gasteiger partial charge in [-0.2, -0.15) is 5.26 Å². The molecule has 0 saturated carbocycles. The number of nitrogens with two attached hydrogens (primary N) is 1. The quantitative estimate of drug-likeness (QED) is 0.855. The Morgan fingerprint density at radius 1 is 1.42 bits per heavy atom. The first kappa shape index (κ1) is 15.1. The normalized spacial score (nSPS) is 12.9. The molecule has 1 unspecified atom stereocenters. The van der Waals surface area contributed by atoms with Crippen LogP contribution in [0.25, 0.3) is 0 Å². The zero-order valence-corrected chi connectivity index (χ0v) is 12.5.